The molecular formula is C11H11FN4O2. The lowest BCUT2D eigenvalue weighted by atomic mass is 9.93. The van der Waals surface area contributed by atoms with Crippen molar-refractivity contribution in [2.75, 3.05) is 5.32 Å². The molecule has 0 aliphatic heterocycles. The third-order valence-electron chi connectivity index (χ3n) is 3.18. The summed E-state index contributed by atoms with van der Waals surface area (Å²) in [7, 11) is 0. The van der Waals surface area contributed by atoms with E-state index in [-0.39, 0.29) is 27.9 Å². The van der Waals surface area contributed by atoms with Crippen molar-refractivity contribution < 1.29 is 14.0 Å². The lowest BCUT2D eigenvalue weighted by Gasteiger charge is -2.23. The van der Waals surface area contributed by atoms with E-state index >= 15 is 0 Å². The van der Waals surface area contributed by atoms with Crippen LogP contribution in [0.25, 0.3) is 11.0 Å². The average Bonchev–Trinajstić information content (AvgIpc) is 2.29. The quantitative estimate of drug-likeness (QED) is 0.625. The number of nitrogens with zero attached hydrogens (tertiary/aromatic N) is 3. The maximum absolute atomic E-state index is 13.0. The molecule has 94 valence electrons. The molecule has 0 amide bonds. The van der Waals surface area contributed by atoms with E-state index in [0.29, 0.717) is 4.73 Å². The van der Waals surface area contributed by atoms with E-state index in [1.165, 1.54) is 6.07 Å². The van der Waals surface area contributed by atoms with Gasteiger partial charge >= 0.3 is 11.5 Å². The zero-order valence-corrected chi connectivity index (χ0v) is 9.47. The maximum Gasteiger partial charge on any atom is 0.461 e. The Kier molecular flexibility index (Phi) is 2.39. The van der Waals surface area contributed by atoms with E-state index in [9.17, 15) is 14.8 Å². The summed E-state index contributed by atoms with van der Waals surface area (Å²) in [6.45, 7) is 0. The highest BCUT2D eigenvalue weighted by Gasteiger charge is 2.27. The van der Waals surface area contributed by atoms with Crippen molar-refractivity contribution in [1.82, 2.24) is 5.10 Å². The van der Waals surface area contributed by atoms with Gasteiger partial charge in [-0.25, -0.2) is 9.12 Å². The van der Waals surface area contributed by atoms with Crippen molar-refractivity contribution in [3.8, 4) is 0 Å². The minimum absolute atomic E-state index is 0.0335. The van der Waals surface area contributed by atoms with Crippen molar-refractivity contribution in [2.24, 2.45) is 0 Å². The fourth-order valence-electron chi connectivity index (χ4n) is 1.94. The summed E-state index contributed by atoms with van der Waals surface area (Å²) >= 11 is 0. The third-order valence-corrected chi connectivity index (χ3v) is 3.18. The van der Waals surface area contributed by atoms with Crippen molar-refractivity contribution >= 4 is 17.0 Å². The second-order valence-electron chi connectivity index (χ2n) is 4.40. The lowest BCUT2D eigenvalue weighted by Crippen LogP contribution is -2.46. The van der Waals surface area contributed by atoms with Gasteiger partial charge in [-0.3, -0.25) is 5.32 Å². The molecule has 1 fully saturated rings. The van der Waals surface area contributed by atoms with Gasteiger partial charge in [-0.1, -0.05) is 0 Å². The van der Waals surface area contributed by atoms with Gasteiger partial charge in [0, 0.05) is 4.85 Å². The summed E-state index contributed by atoms with van der Waals surface area (Å²) < 4.78 is 13.5. The number of hydrogen-bond acceptors (Lipinski definition) is 4. The molecule has 6 nitrogen and oxygen atoms in total. The Morgan fingerprint density at radius 2 is 2.06 bits per heavy atom. The van der Waals surface area contributed by atoms with Crippen molar-refractivity contribution in [3.63, 3.8) is 0 Å². The van der Waals surface area contributed by atoms with Gasteiger partial charge < -0.3 is 10.4 Å². The smallest absolute Gasteiger partial charge is 0.461 e. The molecule has 0 radical (unpaired) electrons. The van der Waals surface area contributed by atoms with Crippen LogP contribution in [0.2, 0.25) is 0 Å². The minimum atomic E-state index is -0.575. The first kappa shape index (κ1) is 10.9. The topological polar surface area (TPSA) is 78.8 Å². The highest BCUT2D eigenvalue weighted by Crippen LogP contribution is 2.21. The molecule has 1 aromatic carbocycles. The number of anilines is 1. The van der Waals surface area contributed by atoms with E-state index in [0.717, 1.165) is 31.4 Å². The molecule has 1 aliphatic carbocycles. The minimum Gasteiger partial charge on any atom is -0.739 e. The molecule has 2 aromatic rings. The number of halogens is 1. The molecule has 0 atom stereocenters. The highest BCUT2D eigenvalue weighted by atomic mass is 19.1. The monoisotopic (exact) mass is 250 g/mol. The Hall–Kier alpha value is -2.18. The molecule has 18 heavy (non-hydrogen) atoms. The van der Waals surface area contributed by atoms with Gasteiger partial charge in [0.15, 0.2) is 5.52 Å². The van der Waals surface area contributed by atoms with E-state index in [2.05, 4.69) is 10.4 Å². The van der Waals surface area contributed by atoms with E-state index < -0.39 is 5.82 Å². The van der Waals surface area contributed by atoms with Gasteiger partial charge in [-0.2, -0.15) is 0 Å². The van der Waals surface area contributed by atoms with Crippen LogP contribution in [0.5, 0.6) is 0 Å². The predicted octanol–water partition coefficient (Wildman–Crippen LogP) is 0.605. The van der Waals surface area contributed by atoms with E-state index in [1.807, 2.05) is 0 Å². The van der Waals surface area contributed by atoms with Crippen molar-refractivity contribution in [1.29, 1.82) is 0 Å². The van der Waals surface area contributed by atoms with E-state index in [4.69, 9.17) is 0 Å². The molecular weight excluding hydrogens is 239 g/mol. The first-order chi connectivity index (χ1) is 8.65. The molecule has 0 saturated heterocycles. The third kappa shape index (κ3) is 1.68. The molecule has 3 rings (SSSR count). The zero-order chi connectivity index (χ0) is 12.7. The van der Waals surface area contributed by atoms with Crippen LogP contribution in [0, 0.1) is 16.2 Å². The number of fused-ring (bicyclic) bond motifs is 1. The molecule has 7 heteroatoms. The SMILES string of the molecule is [O-][n+]1nc(NC2CCC2)[n+]([O-])c2ccc(F)cc21. The van der Waals surface area contributed by atoms with Crippen LogP contribution in [-0.4, -0.2) is 11.1 Å². The summed E-state index contributed by atoms with van der Waals surface area (Å²) in [5.74, 6) is -0.609. The fourth-order valence-corrected chi connectivity index (χ4v) is 1.94. The zero-order valence-electron chi connectivity index (χ0n) is 9.47. The van der Waals surface area contributed by atoms with Crippen LogP contribution in [-0.2, 0) is 0 Å². The molecule has 0 unspecified atom stereocenters. The second kappa shape index (κ2) is 3.94. The van der Waals surface area contributed by atoms with Crippen LogP contribution < -0.4 is 14.9 Å². The number of hydrogen-bond donors (Lipinski definition) is 1. The Labute approximate surface area is 102 Å². The Morgan fingerprint density at radius 3 is 2.72 bits per heavy atom. The highest BCUT2D eigenvalue weighted by molar-refractivity contribution is 5.67. The van der Waals surface area contributed by atoms with Gasteiger partial charge in [0.1, 0.15) is 5.82 Å². The van der Waals surface area contributed by atoms with Crippen LogP contribution >= 0.6 is 0 Å². The first-order valence-corrected chi connectivity index (χ1v) is 5.74. The fraction of sp³-hybridized carbons (Fsp3) is 0.364. The molecule has 1 aromatic heterocycles. The number of rotatable bonds is 2. The van der Waals surface area contributed by atoms with Gasteiger partial charge in [-0.15, -0.1) is 0 Å². The first-order valence-electron chi connectivity index (χ1n) is 5.74. The number of nitrogens with one attached hydrogen (secondary N) is 1. The standard InChI is InChI=1S/C11H11FN4O2/c12-7-4-5-9-10(6-7)16(18)14-11(15(9)17)13-8-2-1-3-8/h4-6,8H,1-3H2,(H,13,14). The van der Waals surface area contributed by atoms with Gasteiger partial charge in [0.25, 0.3) is 0 Å². The van der Waals surface area contributed by atoms with Crippen LogP contribution in [0.1, 0.15) is 19.3 Å². The average molecular weight is 250 g/mol. The molecule has 0 spiro atoms. The van der Waals surface area contributed by atoms with Gasteiger partial charge in [0.2, 0.25) is 5.10 Å². The van der Waals surface area contributed by atoms with E-state index in [1.54, 1.807) is 0 Å². The molecule has 0 bridgehead atoms. The second-order valence-corrected chi connectivity index (χ2v) is 4.40. The number of aromatic nitrogens is 3. The summed E-state index contributed by atoms with van der Waals surface area (Å²) in [5.41, 5.74) is 0.0207. The van der Waals surface area contributed by atoms with Gasteiger partial charge in [0.05, 0.1) is 12.1 Å². The van der Waals surface area contributed by atoms with Crippen molar-refractivity contribution in [2.45, 2.75) is 25.3 Å². The number of benzene rings is 1. The Bertz CT molecular complexity index is 616. The summed E-state index contributed by atoms with van der Waals surface area (Å²) in [5, 5.41) is 30.1. The van der Waals surface area contributed by atoms with Crippen LogP contribution in [0.15, 0.2) is 18.2 Å². The summed E-state index contributed by atoms with van der Waals surface area (Å²) in [6.07, 6.45) is 3.02. The Balaban J connectivity index is 2.10. The summed E-state index contributed by atoms with van der Waals surface area (Å²) in [4.78, 5) is 0.272. The molecule has 1 aliphatic rings. The predicted molar refractivity (Wildman–Crippen MR) is 60.9 cm³/mol. The van der Waals surface area contributed by atoms with Crippen LogP contribution in [0.3, 0.4) is 0 Å². The maximum atomic E-state index is 13.0. The summed E-state index contributed by atoms with van der Waals surface area (Å²) in [6, 6.07) is 3.61. The molecule has 1 saturated carbocycles. The molecule has 1 N–H and O–H groups in total. The molecule has 1 heterocycles. The lowest BCUT2D eigenvalue weighted by molar-refractivity contribution is -0.672. The van der Waals surface area contributed by atoms with Crippen LogP contribution in [0.4, 0.5) is 10.3 Å². The largest absolute Gasteiger partial charge is 0.739 e. The van der Waals surface area contributed by atoms with Gasteiger partial charge in [-0.05, 0) is 31.4 Å². The van der Waals surface area contributed by atoms with Crippen molar-refractivity contribution in [3.05, 3.63) is 34.4 Å². The normalized spacial score (nSPS) is 15.6. The Morgan fingerprint density at radius 1 is 1.28 bits per heavy atom.